The van der Waals surface area contributed by atoms with Crippen molar-refractivity contribution >= 4 is 5.97 Å². The van der Waals surface area contributed by atoms with Gasteiger partial charge in [-0.15, -0.1) is 0 Å². The smallest absolute Gasteiger partial charge is 0.354 e. The van der Waals surface area contributed by atoms with Crippen molar-refractivity contribution in [2.75, 3.05) is 13.7 Å². The topological polar surface area (TPSA) is 57.2 Å². The molecule has 4 nitrogen and oxygen atoms in total. The Morgan fingerprint density at radius 1 is 1.60 bits per heavy atom. The Morgan fingerprint density at radius 3 is 2.80 bits per heavy atom. The molecule has 0 saturated heterocycles. The van der Waals surface area contributed by atoms with Crippen LogP contribution in [0.25, 0.3) is 0 Å². The average Bonchev–Trinajstić information content (AvgIpc) is 2.59. The normalized spacial score (nSPS) is 12.5. The first-order valence-electron chi connectivity index (χ1n) is 5.05. The van der Waals surface area contributed by atoms with E-state index in [0.29, 0.717) is 18.2 Å². The summed E-state index contributed by atoms with van der Waals surface area (Å²) in [4.78, 5) is 11.4. The third-order valence-electron chi connectivity index (χ3n) is 2.66. The molecular weight excluding hydrogens is 192 g/mol. The van der Waals surface area contributed by atoms with Crippen molar-refractivity contribution < 1.29 is 9.53 Å². The fourth-order valence-corrected chi connectivity index (χ4v) is 1.73. The maximum atomic E-state index is 11.4. The molecule has 0 amide bonds. The van der Waals surface area contributed by atoms with Crippen molar-refractivity contribution in [3.05, 3.63) is 23.5 Å². The Balaban J connectivity index is 2.93. The molecule has 0 spiro atoms. The molecule has 84 valence electrons. The van der Waals surface area contributed by atoms with Gasteiger partial charge in [0, 0.05) is 12.7 Å². The van der Waals surface area contributed by atoms with Gasteiger partial charge in [0.05, 0.1) is 7.11 Å². The first-order chi connectivity index (χ1) is 7.11. The van der Waals surface area contributed by atoms with Crippen molar-refractivity contribution in [3.8, 4) is 0 Å². The van der Waals surface area contributed by atoms with Gasteiger partial charge in [-0.25, -0.2) is 4.79 Å². The number of hydrogen-bond donors (Lipinski definition) is 1. The van der Waals surface area contributed by atoms with Crippen molar-refractivity contribution in [1.29, 1.82) is 0 Å². The number of nitrogens with zero attached hydrogens (tertiary/aromatic N) is 1. The number of hydrogen-bond acceptors (Lipinski definition) is 3. The van der Waals surface area contributed by atoms with E-state index in [-0.39, 0.29) is 5.97 Å². The second-order valence-electron chi connectivity index (χ2n) is 3.67. The van der Waals surface area contributed by atoms with Crippen LogP contribution >= 0.6 is 0 Å². The van der Waals surface area contributed by atoms with Crippen LogP contribution < -0.4 is 5.73 Å². The number of carbonyl (C=O) groups excluding carboxylic acids is 1. The van der Waals surface area contributed by atoms with Gasteiger partial charge in [0.15, 0.2) is 0 Å². The summed E-state index contributed by atoms with van der Waals surface area (Å²) in [5.41, 5.74) is 7.20. The summed E-state index contributed by atoms with van der Waals surface area (Å²) in [7, 11) is 3.26. The number of carbonyl (C=O) groups is 1. The zero-order chi connectivity index (χ0) is 11.4. The molecule has 4 heteroatoms. The quantitative estimate of drug-likeness (QED) is 0.761. The Kier molecular flexibility index (Phi) is 3.91. The molecule has 0 aliphatic carbocycles. The van der Waals surface area contributed by atoms with E-state index >= 15 is 0 Å². The van der Waals surface area contributed by atoms with Gasteiger partial charge in [0.1, 0.15) is 5.69 Å². The van der Waals surface area contributed by atoms with Crippen LogP contribution in [0.4, 0.5) is 0 Å². The summed E-state index contributed by atoms with van der Waals surface area (Å²) in [5, 5.41) is 0. The van der Waals surface area contributed by atoms with Gasteiger partial charge in [-0.2, -0.15) is 0 Å². The van der Waals surface area contributed by atoms with E-state index in [1.165, 1.54) is 7.11 Å². The monoisotopic (exact) mass is 210 g/mol. The van der Waals surface area contributed by atoms with Gasteiger partial charge < -0.3 is 15.0 Å². The molecule has 0 aliphatic rings. The van der Waals surface area contributed by atoms with E-state index in [1.54, 1.807) is 6.07 Å². The van der Waals surface area contributed by atoms with Gasteiger partial charge in [-0.3, -0.25) is 0 Å². The van der Waals surface area contributed by atoms with Crippen LogP contribution in [0.2, 0.25) is 0 Å². The SMILES string of the molecule is COC(=O)c1ccc(C(C)CCN)n1C. The molecule has 1 rings (SSSR count). The molecule has 0 aromatic carbocycles. The van der Waals surface area contributed by atoms with Crippen LogP contribution in [0.1, 0.15) is 35.4 Å². The minimum atomic E-state index is -0.302. The van der Waals surface area contributed by atoms with Gasteiger partial charge in [0.2, 0.25) is 0 Å². The first-order valence-corrected chi connectivity index (χ1v) is 5.05. The Morgan fingerprint density at radius 2 is 2.27 bits per heavy atom. The van der Waals surface area contributed by atoms with Crippen molar-refractivity contribution in [1.82, 2.24) is 4.57 Å². The first kappa shape index (κ1) is 11.8. The second kappa shape index (κ2) is 4.98. The van der Waals surface area contributed by atoms with E-state index in [4.69, 9.17) is 5.73 Å². The second-order valence-corrected chi connectivity index (χ2v) is 3.67. The zero-order valence-corrected chi connectivity index (χ0v) is 9.49. The summed E-state index contributed by atoms with van der Waals surface area (Å²) in [6.45, 7) is 2.75. The molecule has 0 bridgehead atoms. The highest BCUT2D eigenvalue weighted by Gasteiger charge is 2.15. The van der Waals surface area contributed by atoms with Crippen LogP contribution in [0.3, 0.4) is 0 Å². The maximum absolute atomic E-state index is 11.4. The number of aromatic nitrogens is 1. The highest BCUT2D eigenvalue weighted by Crippen LogP contribution is 2.20. The van der Waals surface area contributed by atoms with E-state index in [2.05, 4.69) is 11.7 Å². The van der Waals surface area contributed by atoms with Crippen LogP contribution in [0.15, 0.2) is 12.1 Å². The Bertz CT molecular complexity index is 344. The molecule has 0 aliphatic heterocycles. The molecule has 0 saturated carbocycles. The standard InChI is InChI=1S/C11H18N2O2/c1-8(6-7-12)9-4-5-10(13(9)2)11(14)15-3/h4-5,8H,6-7,12H2,1-3H3. The largest absolute Gasteiger partial charge is 0.464 e. The molecular formula is C11H18N2O2. The number of methoxy groups -OCH3 is 1. The number of ether oxygens (including phenoxy) is 1. The lowest BCUT2D eigenvalue weighted by Gasteiger charge is -2.12. The van der Waals surface area contributed by atoms with E-state index in [0.717, 1.165) is 12.1 Å². The van der Waals surface area contributed by atoms with Crippen molar-refractivity contribution in [2.45, 2.75) is 19.3 Å². The zero-order valence-electron chi connectivity index (χ0n) is 9.49. The molecule has 0 radical (unpaired) electrons. The lowest BCUT2D eigenvalue weighted by atomic mass is 10.0. The van der Waals surface area contributed by atoms with Gasteiger partial charge >= 0.3 is 5.97 Å². The maximum Gasteiger partial charge on any atom is 0.354 e. The van der Waals surface area contributed by atoms with E-state index < -0.39 is 0 Å². The predicted octanol–water partition coefficient (Wildman–Crippen LogP) is 1.26. The van der Waals surface area contributed by atoms with Gasteiger partial charge in [0.25, 0.3) is 0 Å². The average molecular weight is 210 g/mol. The highest BCUT2D eigenvalue weighted by molar-refractivity contribution is 5.87. The fraction of sp³-hybridized carbons (Fsp3) is 0.545. The highest BCUT2D eigenvalue weighted by atomic mass is 16.5. The minimum absolute atomic E-state index is 0.302. The molecule has 1 heterocycles. The molecule has 0 fully saturated rings. The predicted molar refractivity (Wildman–Crippen MR) is 58.8 cm³/mol. The third-order valence-corrected chi connectivity index (χ3v) is 2.66. The van der Waals surface area contributed by atoms with Crippen molar-refractivity contribution in [3.63, 3.8) is 0 Å². The lowest BCUT2D eigenvalue weighted by Crippen LogP contribution is -2.12. The van der Waals surface area contributed by atoms with Crippen LogP contribution in [-0.2, 0) is 11.8 Å². The summed E-state index contributed by atoms with van der Waals surface area (Å²) in [6, 6.07) is 3.74. The van der Waals surface area contributed by atoms with Gasteiger partial charge in [-0.05, 0) is 31.0 Å². The van der Waals surface area contributed by atoms with Crippen LogP contribution in [-0.4, -0.2) is 24.2 Å². The van der Waals surface area contributed by atoms with Crippen molar-refractivity contribution in [2.24, 2.45) is 12.8 Å². The Hall–Kier alpha value is -1.29. The molecule has 1 unspecified atom stereocenters. The molecule has 1 aromatic rings. The Labute approximate surface area is 90.0 Å². The minimum Gasteiger partial charge on any atom is -0.464 e. The molecule has 1 aromatic heterocycles. The molecule has 15 heavy (non-hydrogen) atoms. The number of esters is 1. The summed E-state index contributed by atoms with van der Waals surface area (Å²) >= 11 is 0. The summed E-state index contributed by atoms with van der Waals surface area (Å²) < 4.78 is 6.55. The fourth-order valence-electron chi connectivity index (χ4n) is 1.73. The van der Waals surface area contributed by atoms with E-state index in [9.17, 15) is 4.79 Å². The van der Waals surface area contributed by atoms with Gasteiger partial charge in [-0.1, -0.05) is 6.92 Å². The molecule has 1 atom stereocenters. The number of rotatable bonds is 4. The summed E-state index contributed by atoms with van der Waals surface area (Å²) in [6.07, 6.45) is 0.915. The lowest BCUT2D eigenvalue weighted by molar-refractivity contribution is 0.0589. The third kappa shape index (κ3) is 2.39. The van der Waals surface area contributed by atoms with E-state index in [1.807, 2.05) is 17.7 Å². The van der Waals surface area contributed by atoms with Crippen LogP contribution in [0.5, 0.6) is 0 Å². The summed E-state index contributed by atoms with van der Waals surface area (Å²) in [5.74, 6) is 0.0575. The number of nitrogens with two attached hydrogens (primary N) is 1. The van der Waals surface area contributed by atoms with Crippen LogP contribution in [0, 0.1) is 0 Å². The molecule has 2 N–H and O–H groups in total.